The lowest BCUT2D eigenvalue weighted by molar-refractivity contribution is -0.195. The van der Waals surface area contributed by atoms with Crippen LogP contribution in [0.25, 0.3) is 0 Å². The molecule has 1 unspecified atom stereocenters. The van der Waals surface area contributed by atoms with Crippen LogP contribution in [0, 0.1) is 5.41 Å². The molecule has 3 nitrogen and oxygen atoms in total. The second kappa shape index (κ2) is 6.20. The molecule has 0 aromatic carbocycles. The van der Waals surface area contributed by atoms with Gasteiger partial charge in [-0.3, -0.25) is 0 Å². The van der Waals surface area contributed by atoms with Crippen molar-refractivity contribution in [1.29, 1.82) is 0 Å². The van der Waals surface area contributed by atoms with Crippen molar-refractivity contribution in [2.24, 2.45) is 5.41 Å². The molecule has 1 fully saturated rings. The Balaban J connectivity index is 2.65. The van der Waals surface area contributed by atoms with Gasteiger partial charge in [0.15, 0.2) is 0 Å². The second-order valence-electron chi connectivity index (χ2n) is 5.03. The summed E-state index contributed by atoms with van der Waals surface area (Å²) in [5, 5.41) is 0. The Morgan fingerprint density at radius 2 is 2.12 bits per heavy atom. The van der Waals surface area contributed by atoms with E-state index < -0.39 is 0 Å². The Morgan fingerprint density at radius 1 is 1.47 bits per heavy atom. The van der Waals surface area contributed by atoms with Crippen LogP contribution in [0.4, 0.5) is 0 Å². The smallest absolute Gasteiger partial charge is 0.333 e. The number of hydrogen-bond acceptors (Lipinski definition) is 3. The lowest BCUT2D eigenvalue weighted by Gasteiger charge is -2.46. The van der Waals surface area contributed by atoms with Gasteiger partial charge in [-0.15, -0.1) is 0 Å². The quantitative estimate of drug-likeness (QED) is 0.506. The first kappa shape index (κ1) is 14.2. The van der Waals surface area contributed by atoms with Crippen LogP contribution in [-0.2, 0) is 14.3 Å². The topological polar surface area (TPSA) is 35.5 Å². The molecule has 1 saturated heterocycles. The molecule has 0 aromatic rings. The zero-order valence-electron chi connectivity index (χ0n) is 11.3. The van der Waals surface area contributed by atoms with Gasteiger partial charge in [-0.1, -0.05) is 33.3 Å². The van der Waals surface area contributed by atoms with Crippen molar-refractivity contribution in [3.05, 3.63) is 12.2 Å². The summed E-state index contributed by atoms with van der Waals surface area (Å²) in [6.07, 6.45) is 4.08. The van der Waals surface area contributed by atoms with Crippen molar-refractivity contribution in [2.45, 2.75) is 52.6 Å². The van der Waals surface area contributed by atoms with E-state index in [1.165, 1.54) is 0 Å². The predicted octanol–water partition coefficient (Wildman–Crippen LogP) is 3.09. The summed E-state index contributed by atoms with van der Waals surface area (Å²) in [4.78, 5) is 11.7. The molecule has 17 heavy (non-hydrogen) atoms. The highest BCUT2D eigenvalue weighted by molar-refractivity contribution is 5.87. The molecule has 0 aliphatic carbocycles. The Bertz CT molecular complexity index is 274. The standard InChI is InChI=1S/C14H24O3/c1-5-7-8-12(17-13(15)11(3)4)14(6-2)9-16-10-14/h12H,3,5-10H2,1-2,4H3. The largest absolute Gasteiger partial charge is 0.458 e. The van der Waals surface area contributed by atoms with Gasteiger partial charge < -0.3 is 9.47 Å². The monoisotopic (exact) mass is 240 g/mol. The second-order valence-corrected chi connectivity index (χ2v) is 5.03. The Labute approximate surface area is 104 Å². The van der Waals surface area contributed by atoms with E-state index in [0.29, 0.717) is 18.8 Å². The van der Waals surface area contributed by atoms with Gasteiger partial charge in [0.05, 0.1) is 18.6 Å². The summed E-state index contributed by atoms with van der Waals surface area (Å²) in [5.74, 6) is -0.272. The van der Waals surface area contributed by atoms with E-state index in [9.17, 15) is 4.79 Å². The van der Waals surface area contributed by atoms with Crippen LogP contribution in [-0.4, -0.2) is 25.3 Å². The normalized spacial score (nSPS) is 19.2. The fourth-order valence-electron chi connectivity index (χ4n) is 2.09. The van der Waals surface area contributed by atoms with E-state index in [-0.39, 0.29) is 17.5 Å². The van der Waals surface area contributed by atoms with Crippen LogP contribution in [0.5, 0.6) is 0 Å². The molecular weight excluding hydrogens is 216 g/mol. The van der Waals surface area contributed by atoms with Crippen molar-refractivity contribution in [2.75, 3.05) is 13.2 Å². The van der Waals surface area contributed by atoms with E-state index in [1.807, 2.05) is 0 Å². The molecule has 0 spiro atoms. The summed E-state index contributed by atoms with van der Waals surface area (Å²) < 4.78 is 10.9. The zero-order valence-corrected chi connectivity index (χ0v) is 11.3. The van der Waals surface area contributed by atoms with Gasteiger partial charge in [-0.25, -0.2) is 4.79 Å². The molecule has 0 N–H and O–H groups in total. The number of ether oxygens (including phenoxy) is 2. The summed E-state index contributed by atoms with van der Waals surface area (Å²) in [5.41, 5.74) is 0.512. The van der Waals surface area contributed by atoms with E-state index in [0.717, 1.165) is 25.7 Å². The van der Waals surface area contributed by atoms with Crippen LogP contribution in [0.3, 0.4) is 0 Å². The maximum Gasteiger partial charge on any atom is 0.333 e. The molecule has 98 valence electrons. The van der Waals surface area contributed by atoms with Gasteiger partial charge in [0, 0.05) is 5.57 Å². The highest BCUT2D eigenvalue weighted by atomic mass is 16.6. The maximum atomic E-state index is 11.7. The molecule has 1 atom stereocenters. The lowest BCUT2D eigenvalue weighted by Crippen LogP contribution is -2.52. The fourth-order valence-corrected chi connectivity index (χ4v) is 2.09. The van der Waals surface area contributed by atoms with Crippen LogP contribution in [0.1, 0.15) is 46.5 Å². The van der Waals surface area contributed by atoms with Crippen LogP contribution < -0.4 is 0 Å². The molecular formula is C14H24O3. The lowest BCUT2D eigenvalue weighted by atomic mass is 9.75. The van der Waals surface area contributed by atoms with Gasteiger partial charge in [0.1, 0.15) is 6.10 Å². The molecule has 0 aromatic heterocycles. The molecule has 1 aliphatic rings. The summed E-state index contributed by atoms with van der Waals surface area (Å²) in [7, 11) is 0. The Morgan fingerprint density at radius 3 is 2.47 bits per heavy atom. The number of carbonyl (C=O) groups excluding carboxylic acids is 1. The van der Waals surface area contributed by atoms with E-state index in [1.54, 1.807) is 6.92 Å². The van der Waals surface area contributed by atoms with Crippen molar-refractivity contribution in [3.8, 4) is 0 Å². The minimum atomic E-state index is -0.272. The average molecular weight is 240 g/mol. The molecule has 0 bridgehead atoms. The van der Waals surface area contributed by atoms with Gasteiger partial charge in [-0.05, 0) is 19.8 Å². The third-order valence-corrected chi connectivity index (χ3v) is 3.58. The molecule has 0 radical (unpaired) electrons. The first-order valence-electron chi connectivity index (χ1n) is 6.50. The Hall–Kier alpha value is -0.830. The van der Waals surface area contributed by atoms with Crippen LogP contribution >= 0.6 is 0 Å². The van der Waals surface area contributed by atoms with E-state index in [4.69, 9.17) is 9.47 Å². The molecule has 1 rings (SSSR count). The first-order valence-corrected chi connectivity index (χ1v) is 6.50. The minimum absolute atomic E-state index is 0.0228. The van der Waals surface area contributed by atoms with Gasteiger partial charge in [0.2, 0.25) is 0 Å². The van der Waals surface area contributed by atoms with Gasteiger partial charge in [-0.2, -0.15) is 0 Å². The van der Waals surface area contributed by atoms with Gasteiger partial charge >= 0.3 is 5.97 Å². The fraction of sp³-hybridized carbons (Fsp3) is 0.786. The average Bonchev–Trinajstić information content (AvgIpc) is 2.24. The van der Waals surface area contributed by atoms with Gasteiger partial charge in [0.25, 0.3) is 0 Å². The highest BCUT2D eigenvalue weighted by Crippen LogP contribution is 2.39. The van der Waals surface area contributed by atoms with Crippen molar-refractivity contribution >= 4 is 5.97 Å². The Kier molecular flexibility index (Phi) is 5.19. The third kappa shape index (κ3) is 3.32. The zero-order chi connectivity index (χ0) is 12.9. The summed E-state index contributed by atoms with van der Waals surface area (Å²) in [6, 6.07) is 0. The van der Waals surface area contributed by atoms with E-state index in [2.05, 4.69) is 20.4 Å². The summed E-state index contributed by atoms with van der Waals surface area (Å²) >= 11 is 0. The number of rotatable bonds is 7. The number of esters is 1. The molecule has 1 heterocycles. The number of carbonyl (C=O) groups is 1. The SMILES string of the molecule is C=C(C)C(=O)OC(CCCC)C1(CC)COC1. The highest BCUT2D eigenvalue weighted by Gasteiger charge is 2.46. The third-order valence-electron chi connectivity index (χ3n) is 3.58. The predicted molar refractivity (Wildman–Crippen MR) is 67.8 cm³/mol. The summed E-state index contributed by atoms with van der Waals surface area (Å²) in [6.45, 7) is 11.0. The van der Waals surface area contributed by atoms with Crippen molar-refractivity contribution < 1.29 is 14.3 Å². The molecule has 1 aliphatic heterocycles. The molecule has 0 amide bonds. The van der Waals surface area contributed by atoms with Crippen LogP contribution in [0.15, 0.2) is 12.2 Å². The number of hydrogen-bond donors (Lipinski definition) is 0. The number of unbranched alkanes of at least 4 members (excludes halogenated alkanes) is 1. The van der Waals surface area contributed by atoms with E-state index >= 15 is 0 Å². The first-order chi connectivity index (χ1) is 8.05. The van der Waals surface area contributed by atoms with Crippen molar-refractivity contribution in [3.63, 3.8) is 0 Å². The molecule has 0 saturated carbocycles. The molecule has 3 heteroatoms. The maximum absolute atomic E-state index is 11.7. The van der Waals surface area contributed by atoms with Crippen LogP contribution in [0.2, 0.25) is 0 Å². The van der Waals surface area contributed by atoms with Crippen molar-refractivity contribution in [1.82, 2.24) is 0 Å². The minimum Gasteiger partial charge on any atom is -0.458 e.